The Morgan fingerprint density at radius 2 is 2.20 bits per heavy atom. The first kappa shape index (κ1) is 10.7. The van der Waals surface area contributed by atoms with Crippen molar-refractivity contribution in [2.75, 3.05) is 13.7 Å². The van der Waals surface area contributed by atoms with Crippen molar-refractivity contribution in [2.45, 2.75) is 25.4 Å². The van der Waals surface area contributed by atoms with Crippen LogP contribution in [-0.2, 0) is 11.3 Å². The summed E-state index contributed by atoms with van der Waals surface area (Å²) < 4.78 is 5.36. The summed E-state index contributed by atoms with van der Waals surface area (Å²) >= 11 is 0. The summed E-state index contributed by atoms with van der Waals surface area (Å²) in [5, 5.41) is 0. The quantitative estimate of drug-likeness (QED) is 0.693. The number of nitrogens with zero attached hydrogens (tertiary/aromatic N) is 1. The second-order valence-corrected chi connectivity index (χ2v) is 4.02. The van der Waals surface area contributed by atoms with Gasteiger partial charge in [0.05, 0.1) is 0 Å². The summed E-state index contributed by atoms with van der Waals surface area (Å²) in [6.45, 7) is 2.15. The molecule has 1 saturated heterocycles. The number of methoxy groups -OCH3 is 1. The number of ether oxygens (including phenoxy) is 1. The lowest BCUT2D eigenvalue weighted by Crippen LogP contribution is -2.41. The first-order valence-electron chi connectivity index (χ1n) is 5.54. The van der Waals surface area contributed by atoms with Gasteiger partial charge in [-0.2, -0.15) is 0 Å². The molecule has 0 aliphatic carbocycles. The van der Waals surface area contributed by atoms with Crippen LogP contribution in [0.2, 0.25) is 0 Å². The number of hydrogen-bond donors (Lipinski definition) is 0. The lowest BCUT2D eigenvalue weighted by atomic mass is 9.75. The smallest absolute Gasteiger partial charge is 0.244 e. The van der Waals surface area contributed by atoms with Crippen molar-refractivity contribution in [3.05, 3.63) is 35.9 Å². The first-order chi connectivity index (χ1) is 7.38. The molecule has 15 heavy (non-hydrogen) atoms. The summed E-state index contributed by atoms with van der Waals surface area (Å²) in [6.07, 6.45) is 2.38. The third kappa shape index (κ3) is 3.08. The van der Waals surface area contributed by atoms with E-state index in [-0.39, 0.29) is 0 Å². The zero-order chi connectivity index (χ0) is 10.5. The van der Waals surface area contributed by atoms with E-state index in [1.165, 1.54) is 12.0 Å². The Labute approximate surface area is 92.5 Å². The minimum Gasteiger partial charge on any atom is -0.389 e. The topological polar surface area (TPSA) is 12.5 Å². The fourth-order valence-corrected chi connectivity index (χ4v) is 2.01. The summed E-state index contributed by atoms with van der Waals surface area (Å²) in [5.74, 6) is 0. The number of benzene rings is 1. The molecule has 1 aromatic rings. The molecule has 3 heteroatoms. The van der Waals surface area contributed by atoms with Crippen LogP contribution in [0, 0.1) is 0 Å². The van der Waals surface area contributed by atoms with E-state index in [1.54, 1.807) is 7.11 Å². The molecule has 1 heterocycles. The Morgan fingerprint density at radius 3 is 2.93 bits per heavy atom. The molecule has 79 valence electrons. The summed E-state index contributed by atoms with van der Waals surface area (Å²) in [4.78, 5) is 2.35. The molecule has 1 aromatic carbocycles. The minimum atomic E-state index is 0.308. The molecule has 2 rings (SSSR count). The van der Waals surface area contributed by atoms with Gasteiger partial charge in [0, 0.05) is 19.7 Å². The van der Waals surface area contributed by atoms with Gasteiger partial charge in [-0.15, -0.1) is 0 Å². The van der Waals surface area contributed by atoms with Crippen molar-refractivity contribution >= 4 is 7.41 Å². The van der Waals surface area contributed by atoms with E-state index in [2.05, 4.69) is 42.6 Å². The van der Waals surface area contributed by atoms with Gasteiger partial charge in [0.2, 0.25) is 7.41 Å². The van der Waals surface area contributed by atoms with Crippen LogP contribution in [0.3, 0.4) is 0 Å². The largest absolute Gasteiger partial charge is 0.389 e. The van der Waals surface area contributed by atoms with E-state index >= 15 is 0 Å². The van der Waals surface area contributed by atoms with Crippen molar-refractivity contribution in [1.82, 2.24) is 4.81 Å². The molecular weight excluding hydrogens is 185 g/mol. The van der Waals surface area contributed by atoms with Crippen molar-refractivity contribution < 1.29 is 4.74 Å². The molecule has 0 aromatic heterocycles. The van der Waals surface area contributed by atoms with Crippen LogP contribution >= 0.6 is 0 Å². The summed E-state index contributed by atoms with van der Waals surface area (Å²) in [7, 11) is 4.00. The van der Waals surface area contributed by atoms with Crippen molar-refractivity contribution in [2.24, 2.45) is 0 Å². The van der Waals surface area contributed by atoms with E-state index in [1.807, 2.05) is 0 Å². The third-order valence-corrected chi connectivity index (χ3v) is 2.84. The SMILES string of the molecule is COC1[B]N(Cc2ccccc2)CCC1. The second kappa shape index (κ2) is 5.33. The molecule has 0 bridgehead atoms. The lowest BCUT2D eigenvalue weighted by molar-refractivity contribution is 0.132. The minimum absolute atomic E-state index is 0.308. The fraction of sp³-hybridized carbons (Fsp3) is 0.500. The van der Waals surface area contributed by atoms with E-state index in [4.69, 9.17) is 4.74 Å². The second-order valence-electron chi connectivity index (χ2n) is 4.02. The standard InChI is InChI=1S/C12H17BNO/c1-15-12-8-5-9-14(13-12)10-11-6-3-2-4-7-11/h2-4,6-7,12H,5,8-10H2,1H3. The highest BCUT2D eigenvalue weighted by Gasteiger charge is 2.21. The zero-order valence-corrected chi connectivity index (χ0v) is 9.23. The molecule has 0 saturated carbocycles. The van der Waals surface area contributed by atoms with Gasteiger partial charge < -0.3 is 9.55 Å². The van der Waals surface area contributed by atoms with Crippen molar-refractivity contribution in [1.29, 1.82) is 0 Å². The number of hydrogen-bond acceptors (Lipinski definition) is 2. The molecule has 1 unspecified atom stereocenters. The van der Waals surface area contributed by atoms with Crippen LogP contribution in [0.1, 0.15) is 18.4 Å². The fourth-order valence-electron chi connectivity index (χ4n) is 2.01. The lowest BCUT2D eigenvalue weighted by Gasteiger charge is -2.30. The number of rotatable bonds is 3. The molecular formula is C12H17BNO. The molecule has 2 nitrogen and oxygen atoms in total. The molecule has 1 fully saturated rings. The van der Waals surface area contributed by atoms with Crippen LogP contribution in [-0.4, -0.2) is 31.9 Å². The molecule has 0 amide bonds. The van der Waals surface area contributed by atoms with Gasteiger partial charge in [0.25, 0.3) is 0 Å². The first-order valence-corrected chi connectivity index (χ1v) is 5.54. The van der Waals surface area contributed by atoms with Gasteiger partial charge >= 0.3 is 0 Å². The summed E-state index contributed by atoms with van der Waals surface area (Å²) in [5.41, 5.74) is 1.37. The van der Waals surface area contributed by atoms with E-state index in [0.29, 0.717) is 6.00 Å². The highest BCUT2D eigenvalue weighted by atomic mass is 16.5. The highest BCUT2D eigenvalue weighted by molar-refractivity contribution is 6.34. The van der Waals surface area contributed by atoms with Gasteiger partial charge in [-0.3, -0.25) is 0 Å². The normalized spacial score (nSPS) is 22.3. The van der Waals surface area contributed by atoms with Crippen molar-refractivity contribution in [3.8, 4) is 0 Å². The predicted molar refractivity (Wildman–Crippen MR) is 62.6 cm³/mol. The van der Waals surface area contributed by atoms with Gasteiger partial charge in [0.1, 0.15) is 0 Å². The average Bonchev–Trinajstić information content (AvgIpc) is 2.31. The Balaban J connectivity index is 1.89. The Hall–Kier alpha value is -0.795. The van der Waals surface area contributed by atoms with Crippen LogP contribution in [0.15, 0.2) is 30.3 Å². The Bertz CT molecular complexity index is 291. The maximum Gasteiger partial charge on any atom is 0.244 e. The molecule has 1 aliphatic rings. The van der Waals surface area contributed by atoms with E-state index < -0.39 is 0 Å². The molecule has 1 atom stereocenters. The van der Waals surface area contributed by atoms with Gasteiger partial charge in [-0.05, 0) is 24.9 Å². The van der Waals surface area contributed by atoms with E-state index in [9.17, 15) is 0 Å². The molecule has 1 radical (unpaired) electrons. The maximum absolute atomic E-state index is 5.36. The van der Waals surface area contributed by atoms with Gasteiger partial charge in [-0.25, -0.2) is 0 Å². The molecule has 1 aliphatic heterocycles. The summed E-state index contributed by atoms with van der Waals surface area (Å²) in [6, 6.07) is 10.9. The van der Waals surface area contributed by atoms with Crippen LogP contribution in [0.25, 0.3) is 0 Å². The molecule has 0 N–H and O–H groups in total. The third-order valence-electron chi connectivity index (χ3n) is 2.84. The highest BCUT2D eigenvalue weighted by Crippen LogP contribution is 2.13. The van der Waals surface area contributed by atoms with Gasteiger partial charge in [-0.1, -0.05) is 30.3 Å². The average molecular weight is 202 g/mol. The van der Waals surface area contributed by atoms with Gasteiger partial charge in [0.15, 0.2) is 0 Å². The molecule has 0 spiro atoms. The monoisotopic (exact) mass is 202 g/mol. The predicted octanol–water partition coefficient (Wildman–Crippen LogP) is 1.87. The maximum atomic E-state index is 5.36. The van der Waals surface area contributed by atoms with Crippen LogP contribution in [0.5, 0.6) is 0 Å². The Kier molecular flexibility index (Phi) is 3.81. The van der Waals surface area contributed by atoms with Crippen LogP contribution in [0.4, 0.5) is 0 Å². The van der Waals surface area contributed by atoms with E-state index in [0.717, 1.165) is 19.5 Å². The van der Waals surface area contributed by atoms with Crippen molar-refractivity contribution in [3.63, 3.8) is 0 Å². The zero-order valence-electron chi connectivity index (χ0n) is 9.23. The van der Waals surface area contributed by atoms with Crippen LogP contribution < -0.4 is 0 Å². The Morgan fingerprint density at radius 1 is 1.40 bits per heavy atom.